The van der Waals surface area contributed by atoms with E-state index in [-0.39, 0.29) is 30.0 Å². The van der Waals surface area contributed by atoms with E-state index >= 15 is 0 Å². The highest BCUT2D eigenvalue weighted by Crippen LogP contribution is 2.31. The second kappa shape index (κ2) is 7.17. The molecule has 3 N–H and O–H groups in total. The number of amides is 2. The molecule has 26 heavy (non-hydrogen) atoms. The van der Waals surface area contributed by atoms with Crippen molar-refractivity contribution >= 4 is 22.6 Å². The Balaban J connectivity index is 1.87. The van der Waals surface area contributed by atoms with Gasteiger partial charge in [0.25, 0.3) is 5.91 Å². The van der Waals surface area contributed by atoms with Crippen LogP contribution in [0.25, 0.3) is 10.8 Å². The van der Waals surface area contributed by atoms with Crippen molar-refractivity contribution in [1.82, 2.24) is 10.3 Å². The molecule has 2 heterocycles. The summed E-state index contributed by atoms with van der Waals surface area (Å²) in [5.74, 6) is -0.00849. The van der Waals surface area contributed by atoms with Gasteiger partial charge < -0.3 is 25.3 Å². The molecule has 1 aliphatic heterocycles. The molecular weight excluding hydrogens is 338 g/mol. The van der Waals surface area contributed by atoms with Crippen LogP contribution < -0.4 is 20.5 Å². The van der Waals surface area contributed by atoms with Crippen LogP contribution in [0.2, 0.25) is 0 Å². The molecule has 1 saturated heterocycles. The zero-order valence-corrected chi connectivity index (χ0v) is 14.8. The Morgan fingerprint density at radius 3 is 2.73 bits per heavy atom. The molecule has 2 amide bonds. The van der Waals surface area contributed by atoms with Crippen molar-refractivity contribution in [2.75, 3.05) is 20.8 Å². The minimum absolute atomic E-state index is 0.0292. The topological polar surface area (TPSA) is 113 Å². The number of ether oxygens (including phenoxy) is 3. The molecule has 1 aromatic heterocycles. The van der Waals surface area contributed by atoms with E-state index in [0.29, 0.717) is 17.0 Å². The lowest BCUT2D eigenvalue weighted by atomic mass is 10.0. The Morgan fingerprint density at radius 2 is 2.12 bits per heavy atom. The molecule has 1 aliphatic rings. The molecule has 1 aromatic carbocycles. The number of fused-ring (bicyclic) bond motifs is 1. The number of primary amides is 1. The summed E-state index contributed by atoms with van der Waals surface area (Å²) >= 11 is 0. The highest BCUT2D eigenvalue weighted by atomic mass is 16.5. The molecule has 2 aromatic rings. The summed E-state index contributed by atoms with van der Waals surface area (Å²) in [7, 11) is 2.98. The molecule has 3 rings (SSSR count). The minimum atomic E-state index is -0.573. The fourth-order valence-corrected chi connectivity index (χ4v) is 3.18. The van der Waals surface area contributed by atoms with Crippen LogP contribution >= 0.6 is 0 Å². The Hall–Kier alpha value is -2.87. The average Bonchev–Trinajstić information content (AvgIpc) is 2.91. The van der Waals surface area contributed by atoms with Crippen LogP contribution in [0.5, 0.6) is 11.6 Å². The van der Waals surface area contributed by atoms with E-state index < -0.39 is 12.0 Å². The summed E-state index contributed by atoms with van der Waals surface area (Å²) < 4.78 is 16.3. The van der Waals surface area contributed by atoms with Gasteiger partial charge in [0.1, 0.15) is 18.5 Å². The number of nitrogens with two attached hydrogens (primary N) is 1. The fourth-order valence-electron chi connectivity index (χ4n) is 3.18. The van der Waals surface area contributed by atoms with Crippen LogP contribution in [0.3, 0.4) is 0 Å². The molecule has 0 radical (unpaired) electrons. The van der Waals surface area contributed by atoms with Crippen LogP contribution in [0, 0.1) is 5.92 Å². The van der Waals surface area contributed by atoms with E-state index in [0.717, 1.165) is 5.39 Å². The van der Waals surface area contributed by atoms with Crippen LogP contribution in [0.15, 0.2) is 24.4 Å². The number of aromatic nitrogens is 1. The van der Waals surface area contributed by atoms with Crippen molar-refractivity contribution < 1.29 is 23.8 Å². The van der Waals surface area contributed by atoms with Crippen molar-refractivity contribution in [2.45, 2.75) is 19.1 Å². The number of methoxy groups -OCH3 is 2. The average molecular weight is 359 g/mol. The van der Waals surface area contributed by atoms with Gasteiger partial charge in [-0.1, -0.05) is 6.92 Å². The van der Waals surface area contributed by atoms with Crippen molar-refractivity contribution in [3.63, 3.8) is 0 Å². The van der Waals surface area contributed by atoms with Gasteiger partial charge in [0.2, 0.25) is 11.8 Å². The number of benzene rings is 1. The Bertz CT molecular complexity index is 854. The molecule has 0 bridgehead atoms. The fraction of sp³-hybridized carbons (Fsp3) is 0.389. The predicted molar refractivity (Wildman–Crippen MR) is 94.2 cm³/mol. The zero-order valence-electron chi connectivity index (χ0n) is 14.8. The third kappa shape index (κ3) is 3.15. The number of nitrogens with one attached hydrogen (secondary N) is 1. The Labute approximate surface area is 150 Å². The maximum atomic E-state index is 11.9. The van der Waals surface area contributed by atoms with Crippen molar-refractivity contribution in [1.29, 1.82) is 0 Å². The SMILES string of the molecule is COc1cc2c(OCC3NC(=O)C(OC)C3C)nccc2cc1C(N)=O. The summed E-state index contributed by atoms with van der Waals surface area (Å²) in [6, 6.07) is 4.89. The molecule has 3 unspecified atom stereocenters. The van der Waals surface area contributed by atoms with Gasteiger partial charge >= 0.3 is 0 Å². The van der Waals surface area contributed by atoms with Gasteiger partial charge in [-0.05, 0) is 23.6 Å². The van der Waals surface area contributed by atoms with E-state index in [1.54, 1.807) is 24.4 Å². The normalized spacial score (nSPS) is 22.3. The maximum absolute atomic E-state index is 11.9. The first-order valence-corrected chi connectivity index (χ1v) is 8.18. The van der Waals surface area contributed by atoms with Gasteiger partial charge in [0, 0.05) is 24.6 Å². The maximum Gasteiger partial charge on any atom is 0.252 e. The first-order valence-electron chi connectivity index (χ1n) is 8.18. The molecule has 0 aliphatic carbocycles. The molecule has 0 spiro atoms. The third-order valence-corrected chi connectivity index (χ3v) is 4.67. The van der Waals surface area contributed by atoms with Crippen LogP contribution in [-0.4, -0.2) is 49.8 Å². The number of carbonyl (C=O) groups excluding carboxylic acids is 2. The quantitative estimate of drug-likeness (QED) is 0.791. The number of pyridine rings is 1. The van der Waals surface area contributed by atoms with Gasteiger partial charge in [-0.15, -0.1) is 0 Å². The van der Waals surface area contributed by atoms with Gasteiger partial charge in [0.05, 0.1) is 18.7 Å². The largest absolute Gasteiger partial charge is 0.496 e. The number of hydrogen-bond donors (Lipinski definition) is 2. The molecule has 1 fully saturated rings. The van der Waals surface area contributed by atoms with Gasteiger partial charge in [-0.25, -0.2) is 4.98 Å². The third-order valence-electron chi connectivity index (χ3n) is 4.67. The zero-order chi connectivity index (χ0) is 18.8. The molecule has 8 nitrogen and oxygen atoms in total. The summed E-state index contributed by atoms with van der Waals surface area (Å²) in [4.78, 5) is 27.7. The Morgan fingerprint density at radius 1 is 1.35 bits per heavy atom. The van der Waals surface area contributed by atoms with Gasteiger partial charge in [-0.2, -0.15) is 0 Å². The first-order chi connectivity index (χ1) is 12.5. The van der Waals surface area contributed by atoms with Crippen molar-refractivity contribution in [3.05, 3.63) is 30.0 Å². The molecule has 3 atom stereocenters. The second-order valence-electron chi connectivity index (χ2n) is 6.20. The smallest absolute Gasteiger partial charge is 0.252 e. The van der Waals surface area contributed by atoms with Gasteiger partial charge in [-0.3, -0.25) is 9.59 Å². The Kier molecular flexibility index (Phi) is 4.94. The summed E-state index contributed by atoms with van der Waals surface area (Å²) in [5.41, 5.74) is 5.69. The molecule has 138 valence electrons. The van der Waals surface area contributed by atoms with E-state index in [2.05, 4.69) is 10.3 Å². The van der Waals surface area contributed by atoms with E-state index in [4.69, 9.17) is 19.9 Å². The van der Waals surface area contributed by atoms with Crippen LogP contribution in [-0.2, 0) is 9.53 Å². The standard InChI is InChI=1S/C18H21N3O5/c1-9-13(21-17(23)15(9)25-3)8-26-18-11-7-14(24-2)12(16(19)22)6-10(11)4-5-20-18/h4-7,9,13,15H,8H2,1-3H3,(H2,19,22)(H,21,23). The molecular formula is C18H21N3O5. The molecule has 8 heteroatoms. The lowest BCUT2D eigenvalue weighted by molar-refractivity contribution is -0.128. The van der Waals surface area contributed by atoms with Crippen molar-refractivity contribution in [2.24, 2.45) is 11.7 Å². The highest BCUT2D eigenvalue weighted by molar-refractivity contribution is 6.01. The van der Waals surface area contributed by atoms with Crippen LogP contribution in [0.1, 0.15) is 17.3 Å². The van der Waals surface area contributed by atoms with E-state index in [1.807, 2.05) is 6.92 Å². The predicted octanol–water partition coefficient (Wildman–Crippen LogP) is 0.871. The van der Waals surface area contributed by atoms with Crippen molar-refractivity contribution in [3.8, 4) is 11.6 Å². The lowest BCUT2D eigenvalue weighted by Crippen LogP contribution is -2.34. The number of rotatable bonds is 6. The minimum Gasteiger partial charge on any atom is -0.496 e. The second-order valence-corrected chi connectivity index (χ2v) is 6.20. The number of carbonyl (C=O) groups is 2. The highest BCUT2D eigenvalue weighted by Gasteiger charge is 2.39. The van der Waals surface area contributed by atoms with E-state index in [1.165, 1.54) is 14.2 Å². The molecule has 0 saturated carbocycles. The summed E-state index contributed by atoms with van der Waals surface area (Å²) in [5, 5.41) is 4.31. The number of nitrogens with zero attached hydrogens (tertiary/aromatic N) is 1. The first kappa shape index (κ1) is 17.9. The lowest BCUT2D eigenvalue weighted by Gasteiger charge is -2.18. The summed E-state index contributed by atoms with van der Waals surface area (Å²) in [6.07, 6.45) is 1.10. The number of hydrogen-bond acceptors (Lipinski definition) is 6. The van der Waals surface area contributed by atoms with Crippen LogP contribution in [0.4, 0.5) is 0 Å². The summed E-state index contributed by atoms with van der Waals surface area (Å²) in [6.45, 7) is 2.18. The van der Waals surface area contributed by atoms with Gasteiger partial charge in [0.15, 0.2) is 0 Å². The monoisotopic (exact) mass is 359 g/mol. The van der Waals surface area contributed by atoms with E-state index in [9.17, 15) is 9.59 Å².